The van der Waals surface area contributed by atoms with E-state index in [1.807, 2.05) is 0 Å². The third-order valence-corrected chi connectivity index (χ3v) is 4.53. The molecule has 2 aromatic carbocycles. The van der Waals surface area contributed by atoms with E-state index in [4.69, 9.17) is 0 Å². The second-order valence-corrected chi connectivity index (χ2v) is 6.75. The van der Waals surface area contributed by atoms with Crippen LogP contribution in [0.3, 0.4) is 0 Å². The zero-order chi connectivity index (χ0) is 17.1. The summed E-state index contributed by atoms with van der Waals surface area (Å²) in [5.41, 5.74) is 9.97. The highest BCUT2D eigenvalue weighted by Gasteiger charge is 2.12. The van der Waals surface area contributed by atoms with Crippen molar-refractivity contribution in [3.05, 3.63) is 95.2 Å². The molecule has 0 spiro atoms. The fourth-order valence-corrected chi connectivity index (χ4v) is 3.20. The van der Waals surface area contributed by atoms with Crippen molar-refractivity contribution >= 4 is 11.3 Å². The molecular formula is C23H25N. The standard InChI is InChI=1S/C23H25N/c1-16-5-8-20(9-6-16)10-7-19(4)24-22-11-12-23-18(3)13-17(2)14-21(23)15-22/h5-6,8-9,11-13,15,24H,2,4,7,10,14H2,1,3H3. The molecule has 24 heavy (non-hydrogen) atoms. The second kappa shape index (κ2) is 6.92. The lowest BCUT2D eigenvalue weighted by Gasteiger charge is -2.19. The van der Waals surface area contributed by atoms with Crippen molar-refractivity contribution in [3.8, 4) is 0 Å². The Morgan fingerprint density at radius 2 is 1.83 bits per heavy atom. The van der Waals surface area contributed by atoms with E-state index in [1.54, 1.807) is 0 Å². The molecule has 0 amide bonds. The van der Waals surface area contributed by atoms with Crippen LogP contribution >= 0.6 is 0 Å². The zero-order valence-electron chi connectivity index (χ0n) is 14.7. The van der Waals surface area contributed by atoms with Gasteiger partial charge in [-0.25, -0.2) is 0 Å². The summed E-state index contributed by atoms with van der Waals surface area (Å²) in [5, 5.41) is 3.46. The molecule has 0 aromatic heterocycles. The summed E-state index contributed by atoms with van der Waals surface area (Å²) < 4.78 is 0. The quantitative estimate of drug-likeness (QED) is 0.706. The summed E-state index contributed by atoms with van der Waals surface area (Å²) in [4.78, 5) is 0. The van der Waals surface area contributed by atoms with Gasteiger partial charge in [0.1, 0.15) is 0 Å². The minimum atomic E-state index is 0.929. The molecule has 0 saturated heterocycles. The topological polar surface area (TPSA) is 12.0 Å². The van der Waals surface area contributed by atoms with Gasteiger partial charge in [0.25, 0.3) is 0 Å². The minimum absolute atomic E-state index is 0.929. The summed E-state index contributed by atoms with van der Waals surface area (Å²) in [6.45, 7) is 12.6. The van der Waals surface area contributed by atoms with E-state index in [9.17, 15) is 0 Å². The van der Waals surface area contributed by atoms with E-state index in [0.717, 1.165) is 30.6 Å². The van der Waals surface area contributed by atoms with E-state index >= 15 is 0 Å². The van der Waals surface area contributed by atoms with Crippen LogP contribution in [0.5, 0.6) is 0 Å². The number of nitrogens with one attached hydrogen (secondary N) is 1. The number of allylic oxidation sites excluding steroid dienone is 4. The van der Waals surface area contributed by atoms with Gasteiger partial charge in [0.05, 0.1) is 0 Å². The van der Waals surface area contributed by atoms with E-state index in [2.05, 4.69) is 80.9 Å². The van der Waals surface area contributed by atoms with Crippen LogP contribution in [0.15, 0.2) is 73.0 Å². The van der Waals surface area contributed by atoms with Crippen molar-refractivity contribution in [1.29, 1.82) is 0 Å². The second-order valence-electron chi connectivity index (χ2n) is 6.75. The summed E-state index contributed by atoms with van der Waals surface area (Å²) in [6.07, 6.45) is 5.05. The maximum absolute atomic E-state index is 4.18. The summed E-state index contributed by atoms with van der Waals surface area (Å²) in [7, 11) is 0. The van der Waals surface area contributed by atoms with Gasteiger partial charge in [0.2, 0.25) is 0 Å². The normalized spacial score (nSPS) is 13.2. The molecule has 1 aliphatic carbocycles. The molecule has 2 aromatic rings. The fourth-order valence-electron chi connectivity index (χ4n) is 3.20. The molecule has 0 radical (unpaired) electrons. The fraction of sp³-hybridized carbons (Fsp3) is 0.217. The van der Waals surface area contributed by atoms with Crippen LogP contribution < -0.4 is 5.32 Å². The van der Waals surface area contributed by atoms with Crippen molar-refractivity contribution in [2.24, 2.45) is 0 Å². The van der Waals surface area contributed by atoms with Crippen LogP contribution in [0.4, 0.5) is 5.69 Å². The van der Waals surface area contributed by atoms with Crippen LogP contribution in [0.1, 0.15) is 35.6 Å². The van der Waals surface area contributed by atoms with Crippen molar-refractivity contribution < 1.29 is 0 Å². The van der Waals surface area contributed by atoms with Crippen LogP contribution in [0.2, 0.25) is 0 Å². The number of benzene rings is 2. The molecule has 3 rings (SSSR count). The molecule has 0 unspecified atom stereocenters. The Morgan fingerprint density at radius 1 is 1.08 bits per heavy atom. The van der Waals surface area contributed by atoms with Gasteiger partial charge < -0.3 is 5.32 Å². The molecule has 0 atom stereocenters. The van der Waals surface area contributed by atoms with Crippen LogP contribution in [0.25, 0.3) is 5.57 Å². The molecule has 0 fully saturated rings. The lowest BCUT2D eigenvalue weighted by Crippen LogP contribution is -2.04. The summed E-state index contributed by atoms with van der Waals surface area (Å²) >= 11 is 0. The Bertz CT molecular complexity index is 806. The molecule has 1 heteroatoms. The first-order valence-electron chi connectivity index (χ1n) is 8.51. The Labute approximate surface area is 145 Å². The predicted molar refractivity (Wildman–Crippen MR) is 105 cm³/mol. The molecule has 0 heterocycles. The monoisotopic (exact) mass is 315 g/mol. The molecule has 0 bridgehead atoms. The van der Waals surface area contributed by atoms with Crippen LogP contribution in [0, 0.1) is 6.92 Å². The van der Waals surface area contributed by atoms with Crippen LogP contribution in [-0.2, 0) is 12.8 Å². The smallest absolute Gasteiger partial charge is 0.0384 e. The van der Waals surface area contributed by atoms with Crippen molar-refractivity contribution in [3.63, 3.8) is 0 Å². The number of hydrogen-bond acceptors (Lipinski definition) is 1. The van der Waals surface area contributed by atoms with Crippen molar-refractivity contribution in [2.45, 2.75) is 33.1 Å². The van der Waals surface area contributed by atoms with Crippen molar-refractivity contribution in [2.75, 3.05) is 5.32 Å². The van der Waals surface area contributed by atoms with E-state index in [-0.39, 0.29) is 0 Å². The molecule has 0 aliphatic heterocycles. The first-order chi connectivity index (χ1) is 11.5. The summed E-state index contributed by atoms with van der Waals surface area (Å²) in [6, 6.07) is 15.3. The van der Waals surface area contributed by atoms with E-state index in [0.29, 0.717) is 0 Å². The van der Waals surface area contributed by atoms with Gasteiger partial charge in [-0.05, 0) is 67.5 Å². The average Bonchev–Trinajstić information content (AvgIpc) is 2.54. The maximum Gasteiger partial charge on any atom is 0.0384 e. The van der Waals surface area contributed by atoms with Gasteiger partial charge in [0.15, 0.2) is 0 Å². The highest BCUT2D eigenvalue weighted by molar-refractivity contribution is 5.74. The maximum atomic E-state index is 4.18. The lowest BCUT2D eigenvalue weighted by molar-refractivity contribution is 0.949. The van der Waals surface area contributed by atoms with E-state index in [1.165, 1.54) is 33.4 Å². The first kappa shape index (κ1) is 16.3. The number of rotatable bonds is 5. The Morgan fingerprint density at radius 3 is 2.58 bits per heavy atom. The van der Waals surface area contributed by atoms with Gasteiger partial charge >= 0.3 is 0 Å². The third-order valence-electron chi connectivity index (χ3n) is 4.53. The van der Waals surface area contributed by atoms with Gasteiger partial charge in [-0.1, -0.05) is 60.7 Å². The SMILES string of the molecule is C=C1C=C(C)c2ccc(NC(=C)CCc3ccc(C)cc3)cc2C1. The number of anilines is 1. The van der Waals surface area contributed by atoms with Gasteiger partial charge in [0, 0.05) is 11.4 Å². The zero-order valence-corrected chi connectivity index (χ0v) is 14.7. The highest BCUT2D eigenvalue weighted by atomic mass is 14.9. The molecule has 122 valence electrons. The molecule has 1 N–H and O–H groups in total. The van der Waals surface area contributed by atoms with Crippen molar-refractivity contribution in [1.82, 2.24) is 0 Å². The molecule has 1 nitrogen and oxygen atoms in total. The number of hydrogen-bond donors (Lipinski definition) is 1. The molecular weight excluding hydrogens is 290 g/mol. The third kappa shape index (κ3) is 3.86. The molecule has 1 aliphatic rings. The Hall–Kier alpha value is -2.54. The first-order valence-corrected chi connectivity index (χ1v) is 8.51. The largest absolute Gasteiger partial charge is 0.359 e. The lowest BCUT2D eigenvalue weighted by atomic mass is 9.89. The van der Waals surface area contributed by atoms with E-state index < -0.39 is 0 Å². The van der Waals surface area contributed by atoms with Gasteiger partial charge in [-0.2, -0.15) is 0 Å². The predicted octanol–water partition coefficient (Wildman–Crippen LogP) is 6.07. The average molecular weight is 315 g/mol. The van der Waals surface area contributed by atoms with Gasteiger partial charge in [-0.15, -0.1) is 0 Å². The minimum Gasteiger partial charge on any atom is -0.359 e. The number of fused-ring (bicyclic) bond motifs is 1. The van der Waals surface area contributed by atoms with Gasteiger partial charge in [-0.3, -0.25) is 0 Å². The summed E-state index contributed by atoms with van der Waals surface area (Å²) in [5.74, 6) is 0. The number of aryl methyl sites for hydroxylation is 2. The Kier molecular flexibility index (Phi) is 4.71. The highest BCUT2D eigenvalue weighted by Crippen LogP contribution is 2.30. The Balaban J connectivity index is 1.63. The molecule has 0 saturated carbocycles. The van der Waals surface area contributed by atoms with Crippen LogP contribution in [-0.4, -0.2) is 0 Å².